The molecule has 1 rings (SSSR count). The Morgan fingerprint density at radius 1 is 1.73 bits per heavy atom. The fourth-order valence-electron chi connectivity index (χ4n) is 1.59. The molecular formula is C9H18N2. The van der Waals surface area contributed by atoms with Gasteiger partial charge in [-0.2, -0.15) is 0 Å². The van der Waals surface area contributed by atoms with Gasteiger partial charge >= 0.3 is 0 Å². The van der Waals surface area contributed by atoms with Gasteiger partial charge in [0.1, 0.15) is 0 Å². The van der Waals surface area contributed by atoms with Crippen LogP contribution in [0.25, 0.3) is 0 Å². The third-order valence-electron chi connectivity index (χ3n) is 2.34. The summed E-state index contributed by atoms with van der Waals surface area (Å²) in [5.41, 5.74) is 0. The molecular weight excluding hydrogens is 136 g/mol. The highest BCUT2D eigenvalue weighted by molar-refractivity contribution is 4.80. The van der Waals surface area contributed by atoms with Gasteiger partial charge in [0.2, 0.25) is 0 Å². The molecule has 0 amide bonds. The van der Waals surface area contributed by atoms with Crippen molar-refractivity contribution < 1.29 is 0 Å². The van der Waals surface area contributed by atoms with E-state index < -0.39 is 0 Å². The lowest BCUT2D eigenvalue weighted by Crippen LogP contribution is -2.35. The van der Waals surface area contributed by atoms with Gasteiger partial charge in [-0.3, -0.25) is 0 Å². The number of likely N-dealkylation sites (tertiary alicyclic amines) is 1. The Balaban J connectivity index is 2.10. The maximum Gasteiger partial charge on any atom is 0.0218 e. The van der Waals surface area contributed by atoms with Crippen molar-refractivity contribution in [3.8, 4) is 0 Å². The second-order valence-corrected chi connectivity index (χ2v) is 3.22. The van der Waals surface area contributed by atoms with Crippen molar-refractivity contribution in [2.24, 2.45) is 0 Å². The minimum atomic E-state index is 0.759. The molecule has 0 bridgehead atoms. The van der Waals surface area contributed by atoms with E-state index >= 15 is 0 Å². The lowest BCUT2D eigenvalue weighted by Gasteiger charge is -2.19. The number of likely N-dealkylation sites (N-methyl/N-ethyl adjacent to an activating group) is 1. The van der Waals surface area contributed by atoms with E-state index in [1.54, 1.807) is 0 Å². The monoisotopic (exact) mass is 154 g/mol. The van der Waals surface area contributed by atoms with Gasteiger partial charge in [-0.05, 0) is 26.4 Å². The second kappa shape index (κ2) is 4.52. The molecule has 1 heterocycles. The third kappa shape index (κ3) is 2.64. The zero-order valence-electron chi connectivity index (χ0n) is 7.34. The Morgan fingerprint density at radius 2 is 2.55 bits per heavy atom. The quantitative estimate of drug-likeness (QED) is 0.477. The lowest BCUT2D eigenvalue weighted by molar-refractivity contribution is 0.303. The number of hydrogen-bond donors (Lipinski definition) is 1. The summed E-state index contributed by atoms with van der Waals surface area (Å²) in [6, 6.07) is 0.759. The van der Waals surface area contributed by atoms with Crippen LogP contribution in [0.4, 0.5) is 0 Å². The van der Waals surface area contributed by atoms with Crippen LogP contribution in [-0.4, -0.2) is 37.6 Å². The van der Waals surface area contributed by atoms with Crippen LogP contribution in [0.5, 0.6) is 0 Å². The molecule has 0 aromatic rings. The van der Waals surface area contributed by atoms with E-state index in [0.29, 0.717) is 0 Å². The molecule has 1 N–H and O–H groups in total. The molecule has 1 saturated heterocycles. The Morgan fingerprint density at radius 3 is 3.09 bits per heavy atom. The van der Waals surface area contributed by atoms with E-state index in [9.17, 15) is 0 Å². The van der Waals surface area contributed by atoms with Crippen molar-refractivity contribution in [1.82, 2.24) is 10.2 Å². The molecule has 11 heavy (non-hydrogen) atoms. The van der Waals surface area contributed by atoms with Gasteiger partial charge in [0, 0.05) is 19.1 Å². The Labute approximate surface area is 69.3 Å². The van der Waals surface area contributed by atoms with Crippen molar-refractivity contribution in [2.75, 3.05) is 26.7 Å². The van der Waals surface area contributed by atoms with Gasteiger partial charge in [-0.25, -0.2) is 0 Å². The molecule has 0 aromatic heterocycles. The summed E-state index contributed by atoms with van der Waals surface area (Å²) in [6.45, 7) is 6.98. The second-order valence-electron chi connectivity index (χ2n) is 3.22. The highest BCUT2D eigenvalue weighted by atomic mass is 15.2. The summed E-state index contributed by atoms with van der Waals surface area (Å²) in [4.78, 5) is 2.43. The van der Waals surface area contributed by atoms with Gasteiger partial charge in [0.05, 0.1) is 0 Å². The predicted octanol–water partition coefficient (Wildman–Crippen LogP) is 0.856. The molecule has 0 radical (unpaired) electrons. The largest absolute Gasteiger partial charge is 0.312 e. The summed E-state index contributed by atoms with van der Waals surface area (Å²) < 4.78 is 0. The molecule has 0 saturated carbocycles. The molecule has 2 nitrogen and oxygen atoms in total. The summed E-state index contributed by atoms with van der Waals surface area (Å²) >= 11 is 0. The zero-order valence-corrected chi connectivity index (χ0v) is 7.34. The predicted molar refractivity (Wildman–Crippen MR) is 48.7 cm³/mol. The SMILES string of the molecule is C=CCNCC1CCCN1C. The third-order valence-corrected chi connectivity index (χ3v) is 2.34. The van der Waals surface area contributed by atoms with E-state index in [2.05, 4.69) is 23.8 Å². The van der Waals surface area contributed by atoms with Gasteiger partial charge in [0.15, 0.2) is 0 Å². The highest BCUT2D eigenvalue weighted by Crippen LogP contribution is 2.13. The minimum Gasteiger partial charge on any atom is -0.312 e. The van der Waals surface area contributed by atoms with Gasteiger partial charge < -0.3 is 10.2 Å². The molecule has 0 aliphatic carbocycles. The first-order valence-corrected chi connectivity index (χ1v) is 4.36. The van der Waals surface area contributed by atoms with Crippen LogP contribution in [0.2, 0.25) is 0 Å². The van der Waals surface area contributed by atoms with Crippen LogP contribution >= 0.6 is 0 Å². The van der Waals surface area contributed by atoms with Crippen LogP contribution in [-0.2, 0) is 0 Å². The first-order valence-electron chi connectivity index (χ1n) is 4.36. The maximum absolute atomic E-state index is 3.67. The first-order chi connectivity index (χ1) is 5.34. The summed E-state index contributed by atoms with van der Waals surface area (Å²) in [5.74, 6) is 0. The standard InChI is InChI=1S/C9H18N2/c1-3-6-10-8-9-5-4-7-11(9)2/h3,9-10H,1,4-8H2,2H3. The molecule has 1 aliphatic heterocycles. The van der Waals surface area contributed by atoms with E-state index in [0.717, 1.165) is 19.1 Å². The van der Waals surface area contributed by atoms with Gasteiger partial charge in [0.25, 0.3) is 0 Å². The molecule has 2 heteroatoms. The average molecular weight is 154 g/mol. The van der Waals surface area contributed by atoms with E-state index in [4.69, 9.17) is 0 Å². The molecule has 1 aliphatic rings. The molecule has 1 atom stereocenters. The highest BCUT2D eigenvalue weighted by Gasteiger charge is 2.19. The van der Waals surface area contributed by atoms with Gasteiger partial charge in [-0.15, -0.1) is 6.58 Å². The fourth-order valence-corrected chi connectivity index (χ4v) is 1.59. The number of nitrogens with zero attached hydrogens (tertiary/aromatic N) is 1. The van der Waals surface area contributed by atoms with Crippen molar-refractivity contribution in [3.05, 3.63) is 12.7 Å². The van der Waals surface area contributed by atoms with Crippen molar-refractivity contribution in [1.29, 1.82) is 0 Å². The first kappa shape index (κ1) is 8.75. The summed E-state index contributed by atoms with van der Waals surface area (Å²) in [6.07, 6.45) is 4.62. The zero-order chi connectivity index (χ0) is 8.10. The van der Waals surface area contributed by atoms with Crippen molar-refractivity contribution >= 4 is 0 Å². The molecule has 0 spiro atoms. The van der Waals surface area contributed by atoms with Gasteiger partial charge in [-0.1, -0.05) is 6.08 Å². The molecule has 1 unspecified atom stereocenters. The maximum atomic E-state index is 3.67. The van der Waals surface area contributed by atoms with E-state index in [1.165, 1.54) is 19.4 Å². The molecule has 1 fully saturated rings. The van der Waals surface area contributed by atoms with Crippen LogP contribution in [0.15, 0.2) is 12.7 Å². The number of rotatable bonds is 4. The number of hydrogen-bond acceptors (Lipinski definition) is 2. The molecule has 0 aromatic carbocycles. The van der Waals surface area contributed by atoms with Crippen LogP contribution in [0.1, 0.15) is 12.8 Å². The van der Waals surface area contributed by atoms with Crippen molar-refractivity contribution in [2.45, 2.75) is 18.9 Å². The minimum absolute atomic E-state index is 0.759. The topological polar surface area (TPSA) is 15.3 Å². The normalized spacial score (nSPS) is 25.7. The Kier molecular flexibility index (Phi) is 3.60. The Hall–Kier alpha value is -0.340. The van der Waals surface area contributed by atoms with Crippen LogP contribution in [0, 0.1) is 0 Å². The fraction of sp³-hybridized carbons (Fsp3) is 0.778. The van der Waals surface area contributed by atoms with Crippen LogP contribution < -0.4 is 5.32 Å². The molecule has 64 valence electrons. The van der Waals surface area contributed by atoms with E-state index in [1.807, 2.05) is 6.08 Å². The summed E-state index contributed by atoms with van der Waals surface area (Å²) in [5, 5.41) is 3.35. The van der Waals surface area contributed by atoms with Crippen molar-refractivity contribution in [3.63, 3.8) is 0 Å². The smallest absolute Gasteiger partial charge is 0.0218 e. The number of nitrogens with one attached hydrogen (secondary N) is 1. The summed E-state index contributed by atoms with van der Waals surface area (Å²) in [7, 11) is 2.20. The Bertz CT molecular complexity index is 123. The van der Waals surface area contributed by atoms with E-state index in [-0.39, 0.29) is 0 Å². The lowest BCUT2D eigenvalue weighted by atomic mass is 10.2. The van der Waals surface area contributed by atoms with Crippen LogP contribution in [0.3, 0.4) is 0 Å². The average Bonchev–Trinajstić information content (AvgIpc) is 2.37.